The Balaban J connectivity index is 1.82. The van der Waals surface area contributed by atoms with Crippen LogP contribution in [0.25, 0.3) is 0 Å². The van der Waals surface area contributed by atoms with E-state index in [2.05, 4.69) is 0 Å². The van der Waals surface area contributed by atoms with Gasteiger partial charge in [-0.25, -0.2) is 4.79 Å². The molecule has 2 heterocycles. The summed E-state index contributed by atoms with van der Waals surface area (Å²) in [6.45, 7) is 0. The lowest BCUT2D eigenvalue weighted by molar-refractivity contribution is -0.162. The number of thioether (sulfide) groups is 1. The maximum atomic E-state index is 12.4. The van der Waals surface area contributed by atoms with Crippen molar-refractivity contribution in [2.75, 3.05) is 18.6 Å². The van der Waals surface area contributed by atoms with Gasteiger partial charge in [-0.3, -0.25) is 18.7 Å². The molecule has 1 unspecified atom stereocenters. The van der Waals surface area contributed by atoms with Crippen molar-refractivity contribution in [3.8, 4) is 0 Å². The van der Waals surface area contributed by atoms with Crippen LogP contribution < -0.4 is 0 Å². The molecule has 1 amide bonds. The van der Waals surface area contributed by atoms with Crippen molar-refractivity contribution >= 4 is 39.6 Å². The molecule has 0 spiro atoms. The molecular formula is C16H15NO6S2. The number of benzene rings is 1. The zero-order valence-electron chi connectivity index (χ0n) is 13.2. The number of rotatable bonds is 5. The number of β-lactam (4-membered cyclic amide) rings is 1. The van der Waals surface area contributed by atoms with Crippen molar-refractivity contribution in [2.24, 2.45) is 0 Å². The van der Waals surface area contributed by atoms with Gasteiger partial charge in [0.25, 0.3) is 5.91 Å². The number of carbonyl (C=O) groups excluding carboxylic acids is 2. The van der Waals surface area contributed by atoms with E-state index in [0.29, 0.717) is 11.1 Å². The van der Waals surface area contributed by atoms with Crippen LogP contribution in [0.15, 0.2) is 41.6 Å². The predicted octanol–water partition coefficient (Wildman–Crippen LogP) is 0.844. The third-order valence-electron chi connectivity index (χ3n) is 4.00. The molecule has 0 saturated carbocycles. The summed E-state index contributed by atoms with van der Waals surface area (Å²) in [6.07, 6.45) is -0.879. The van der Waals surface area contributed by atoms with Crippen molar-refractivity contribution in [1.82, 2.24) is 4.90 Å². The molecule has 1 fully saturated rings. The van der Waals surface area contributed by atoms with E-state index in [4.69, 9.17) is 4.74 Å². The monoisotopic (exact) mass is 381 g/mol. The Hall–Kier alpha value is -1.97. The molecule has 9 heteroatoms. The molecule has 1 aromatic carbocycles. The minimum Gasteiger partial charge on any atom is -0.477 e. The number of ether oxygens (including phenoxy) is 1. The minimum absolute atomic E-state index is 0.00497. The van der Waals surface area contributed by atoms with E-state index < -0.39 is 34.2 Å². The number of fused-ring (bicyclic) bond motifs is 1. The maximum absolute atomic E-state index is 12.4. The fourth-order valence-corrected chi connectivity index (χ4v) is 5.49. The van der Waals surface area contributed by atoms with E-state index in [1.54, 1.807) is 30.3 Å². The van der Waals surface area contributed by atoms with Gasteiger partial charge >= 0.3 is 5.97 Å². The first-order valence-electron chi connectivity index (χ1n) is 7.36. The maximum Gasteiger partial charge on any atom is 0.352 e. The van der Waals surface area contributed by atoms with Crippen LogP contribution in [-0.2, 0) is 25.1 Å². The van der Waals surface area contributed by atoms with E-state index in [9.17, 15) is 23.7 Å². The topological polar surface area (TPSA) is 101 Å². The van der Waals surface area contributed by atoms with Gasteiger partial charge in [0.2, 0.25) is 5.12 Å². The molecule has 3 rings (SSSR count). The molecule has 1 saturated heterocycles. The molecule has 2 aliphatic rings. The lowest BCUT2D eigenvalue weighted by atomic mass is 10.1. The highest BCUT2D eigenvalue weighted by Gasteiger charge is 2.56. The fourth-order valence-electron chi connectivity index (χ4n) is 2.82. The summed E-state index contributed by atoms with van der Waals surface area (Å²) in [7, 11) is -0.147. The first-order chi connectivity index (χ1) is 12.0. The summed E-state index contributed by atoms with van der Waals surface area (Å²) in [6, 6.07) is 8.59. The van der Waals surface area contributed by atoms with Crippen LogP contribution in [0.1, 0.15) is 10.4 Å². The van der Waals surface area contributed by atoms with Crippen molar-refractivity contribution in [2.45, 2.75) is 11.5 Å². The second kappa shape index (κ2) is 7.11. The van der Waals surface area contributed by atoms with Gasteiger partial charge in [0.15, 0.2) is 6.10 Å². The third-order valence-corrected chi connectivity index (χ3v) is 6.62. The molecule has 1 aromatic rings. The number of hydrogen-bond donors (Lipinski definition) is 1. The SMILES string of the molecule is CO[C@H]1C(=O)N2C(C(=O)O)=C(CSC(=O)c3ccccc3)CS(=O)[C@H]12. The number of amides is 1. The van der Waals surface area contributed by atoms with Crippen LogP contribution in [0.2, 0.25) is 0 Å². The van der Waals surface area contributed by atoms with Gasteiger partial charge in [0.05, 0.1) is 16.6 Å². The van der Waals surface area contributed by atoms with Crippen LogP contribution >= 0.6 is 11.8 Å². The number of nitrogens with zero attached hydrogens (tertiary/aromatic N) is 1. The Morgan fingerprint density at radius 3 is 2.64 bits per heavy atom. The Morgan fingerprint density at radius 2 is 2.04 bits per heavy atom. The largest absolute Gasteiger partial charge is 0.477 e. The molecule has 1 N–H and O–H groups in total. The van der Waals surface area contributed by atoms with Crippen LogP contribution in [0, 0.1) is 0 Å². The van der Waals surface area contributed by atoms with E-state index in [1.165, 1.54) is 7.11 Å². The highest BCUT2D eigenvalue weighted by atomic mass is 32.2. The molecule has 0 aliphatic carbocycles. The van der Waals surface area contributed by atoms with Crippen LogP contribution in [-0.4, -0.2) is 61.3 Å². The predicted molar refractivity (Wildman–Crippen MR) is 92.3 cm³/mol. The van der Waals surface area contributed by atoms with Crippen LogP contribution in [0.3, 0.4) is 0 Å². The van der Waals surface area contributed by atoms with E-state index >= 15 is 0 Å². The van der Waals surface area contributed by atoms with Crippen molar-refractivity contribution in [1.29, 1.82) is 0 Å². The van der Waals surface area contributed by atoms with Crippen molar-refractivity contribution in [3.05, 3.63) is 47.2 Å². The number of carboxylic acids is 1. The summed E-state index contributed by atoms with van der Waals surface area (Å²) in [5.74, 6) is -1.72. The van der Waals surface area contributed by atoms with Gasteiger partial charge in [-0.15, -0.1) is 0 Å². The van der Waals surface area contributed by atoms with E-state index in [-0.39, 0.29) is 22.3 Å². The number of hydrogen-bond acceptors (Lipinski definition) is 6. The fraction of sp³-hybridized carbons (Fsp3) is 0.312. The van der Waals surface area contributed by atoms with Gasteiger partial charge in [-0.2, -0.15) is 0 Å². The Morgan fingerprint density at radius 1 is 1.36 bits per heavy atom. The molecule has 0 radical (unpaired) electrons. The average molecular weight is 381 g/mol. The molecule has 3 atom stereocenters. The van der Waals surface area contributed by atoms with Gasteiger partial charge in [0.1, 0.15) is 11.1 Å². The molecule has 2 aliphatic heterocycles. The number of methoxy groups -OCH3 is 1. The molecule has 0 aromatic heterocycles. The zero-order valence-corrected chi connectivity index (χ0v) is 14.8. The first-order valence-corrected chi connectivity index (χ1v) is 9.73. The summed E-state index contributed by atoms with van der Waals surface area (Å²) in [5.41, 5.74) is 0.634. The highest BCUT2D eigenvalue weighted by molar-refractivity contribution is 8.14. The summed E-state index contributed by atoms with van der Waals surface area (Å²) in [5, 5.41) is 8.50. The quantitative estimate of drug-likeness (QED) is 0.755. The van der Waals surface area contributed by atoms with E-state index in [1.807, 2.05) is 0 Å². The number of aliphatic carboxylic acids is 1. The lowest BCUT2D eigenvalue weighted by Crippen LogP contribution is -2.69. The molecule has 25 heavy (non-hydrogen) atoms. The average Bonchev–Trinajstić information content (AvgIpc) is 2.60. The standard InChI is InChI=1S/C16H15NO6S2/c1-23-12-13(18)17-11(15(19)20)10(8-25(22)14(12)17)7-24-16(21)9-5-3-2-4-6-9/h2-6,12,14H,7-8H2,1H3,(H,19,20)/t12-,14+,25?/m0/s1. The number of carbonyl (C=O) groups is 3. The van der Waals surface area contributed by atoms with Crippen molar-refractivity contribution in [3.63, 3.8) is 0 Å². The van der Waals surface area contributed by atoms with Gasteiger partial charge < -0.3 is 9.84 Å². The van der Waals surface area contributed by atoms with Gasteiger partial charge in [-0.1, -0.05) is 42.1 Å². The number of carboxylic acid groups (broad SMARTS) is 1. The van der Waals surface area contributed by atoms with Gasteiger partial charge in [-0.05, 0) is 5.57 Å². The van der Waals surface area contributed by atoms with Gasteiger partial charge in [0, 0.05) is 18.4 Å². The summed E-state index contributed by atoms with van der Waals surface area (Å²) >= 11 is 0.931. The first kappa shape index (κ1) is 17.8. The van der Waals surface area contributed by atoms with Crippen LogP contribution in [0.4, 0.5) is 0 Å². The summed E-state index contributed by atoms with van der Waals surface area (Å²) in [4.78, 5) is 36.9. The van der Waals surface area contributed by atoms with Crippen LogP contribution in [0.5, 0.6) is 0 Å². The highest BCUT2D eigenvalue weighted by Crippen LogP contribution is 2.37. The van der Waals surface area contributed by atoms with Crippen molar-refractivity contribution < 1.29 is 28.4 Å². The second-order valence-electron chi connectivity index (χ2n) is 5.48. The minimum atomic E-state index is -1.47. The summed E-state index contributed by atoms with van der Waals surface area (Å²) < 4.78 is 17.4. The van der Waals surface area contributed by atoms with E-state index in [0.717, 1.165) is 16.7 Å². The molecular weight excluding hydrogens is 366 g/mol. The third kappa shape index (κ3) is 3.14. The lowest BCUT2D eigenvalue weighted by Gasteiger charge is -2.48. The second-order valence-corrected chi connectivity index (χ2v) is 7.96. The Bertz CT molecular complexity index is 791. The Kier molecular flexibility index (Phi) is 5.07. The normalized spacial score (nSPS) is 25.4. The zero-order chi connectivity index (χ0) is 18.1. The smallest absolute Gasteiger partial charge is 0.352 e. The molecule has 0 bridgehead atoms. The molecule has 7 nitrogen and oxygen atoms in total. The molecule has 132 valence electrons. The Labute approximate surface area is 150 Å².